The largest absolute Gasteiger partial charge is 0.369 e. The zero-order chi connectivity index (χ0) is 26.4. The van der Waals surface area contributed by atoms with Gasteiger partial charge in [0.05, 0.1) is 40.3 Å². The van der Waals surface area contributed by atoms with E-state index < -0.39 is 6.04 Å². The number of amides is 1. The highest BCUT2D eigenvalue weighted by Crippen LogP contribution is 2.43. The zero-order valence-electron chi connectivity index (χ0n) is 20.8. The summed E-state index contributed by atoms with van der Waals surface area (Å²) in [7, 11) is 0. The number of nitrogens with one attached hydrogen (secondary N) is 2. The van der Waals surface area contributed by atoms with Crippen LogP contribution in [0.2, 0.25) is 0 Å². The molecule has 2 bridgehead atoms. The number of hydrogen-bond acceptors (Lipinski definition) is 10. The molecule has 3 aliphatic rings. The van der Waals surface area contributed by atoms with Gasteiger partial charge < -0.3 is 15.5 Å². The highest BCUT2D eigenvalue weighted by molar-refractivity contribution is 7.18. The van der Waals surface area contributed by atoms with Crippen LogP contribution in [0.3, 0.4) is 0 Å². The molecule has 4 aromatic rings. The summed E-state index contributed by atoms with van der Waals surface area (Å²) in [6.45, 7) is 5.04. The van der Waals surface area contributed by atoms with Crippen LogP contribution < -0.4 is 15.5 Å². The zero-order valence-corrected chi connectivity index (χ0v) is 21.6. The van der Waals surface area contributed by atoms with Crippen molar-refractivity contribution in [3.05, 3.63) is 42.2 Å². The third kappa shape index (κ3) is 4.19. The van der Waals surface area contributed by atoms with Gasteiger partial charge in [-0.05, 0) is 49.4 Å². The standard InChI is InChI=1S/C26H24N10OS/c1-14(8-27)31-21-7-22(23-4-3-19-5-16(9-28)10-30-36(19)23)29-11-20(21)25-33-34-26(38-25)35-12-17-6-18(13-35)24(17)32-15(2)37/h3-5,7,10-11,14,17-18,24H,6,12-13H2,1-2H3,(H,29,31)(H,32,37)/t14-,17-,18+,24?/m1/s1. The molecule has 0 aromatic carbocycles. The first-order valence-corrected chi connectivity index (χ1v) is 13.2. The van der Waals surface area contributed by atoms with Crippen molar-refractivity contribution < 1.29 is 4.79 Å². The van der Waals surface area contributed by atoms with Crippen LogP contribution in [0.15, 0.2) is 36.7 Å². The maximum atomic E-state index is 11.5. The van der Waals surface area contributed by atoms with E-state index in [-0.39, 0.29) is 11.9 Å². The molecule has 1 unspecified atom stereocenters. The molecule has 7 rings (SSSR count). The normalized spacial score (nSPS) is 20.7. The molecule has 6 heterocycles. The molecule has 3 fully saturated rings. The van der Waals surface area contributed by atoms with Crippen LogP contribution in [0.1, 0.15) is 25.8 Å². The number of hydrogen-bond donors (Lipinski definition) is 2. The van der Waals surface area contributed by atoms with E-state index in [1.165, 1.54) is 17.5 Å². The monoisotopic (exact) mass is 524 g/mol. The Balaban J connectivity index is 1.30. The molecule has 2 saturated heterocycles. The second-order valence-electron chi connectivity index (χ2n) is 9.80. The van der Waals surface area contributed by atoms with Gasteiger partial charge >= 0.3 is 0 Å². The second-order valence-corrected chi connectivity index (χ2v) is 10.8. The molecule has 38 heavy (non-hydrogen) atoms. The van der Waals surface area contributed by atoms with Gasteiger partial charge in [-0.15, -0.1) is 10.2 Å². The number of nitriles is 2. The summed E-state index contributed by atoms with van der Waals surface area (Å²) in [5, 5.41) is 39.9. The second kappa shape index (κ2) is 9.39. The first kappa shape index (κ1) is 23.8. The maximum Gasteiger partial charge on any atom is 0.217 e. The summed E-state index contributed by atoms with van der Waals surface area (Å²) in [4.78, 5) is 18.5. The highest BCUT2D eigenvalue weighted by atomic mass is 32.1. The Bertz CT molecular complexity index is 1620. The Morgan fingerprint density at radius 3 is 2.74 bits per heavy atom. The molecule has 2 N–H and O–H groups in total. The maximum absolute atomic E-state index is 11.5. The van der Waals surface area contributed by atoms with E-state index in [1.807, 2.05) is 18.2 Å². The molecular weight excluding hydrogens is 500 g/mol. The van der Waals surface area contributed by atoms with Crippen LogP contribution in [0.25, 0.3) is 27.5 Å². The van der Waals surface area contributed by atoms with E-state index >= 15 is 0 Å². The van der Waals surface area contributed by atoms with Gasteiger partial charge in [0.25, 0.3) is 0 Å². The number of rotatable bonds is 6. The quantitative estimate of drug-likeness (QED) is 0.388. The van der Waals surface area contributed by atoms with E-state index in [0.29, 0.717) is 28.1 Å². The van der Waals surface area contributed by atoms with Gasteiger partial charge in [-0.25, -0.2) is 4.52 Å². The van der Waals surface area contributed by atoms with E-state index in [9.17, 15) is 15.3 Å². The average Bonchev–Trinajstić information content (AvgIpc) is 3.59. The SMILES string of the molecule is CC(=O)NC1[C@@H]2C[C@H]1CN(c1nnc(-c3cnc(-c4ccc5cc(C#N)cnn45)cc3N[C@H](C)C#N)s1)C2. The van der Waals surface area contributed by atoms with E-state index in [4.69, 9.17) is 4.98 Å². The van der Waals surface area contributed by atoms with Crippen molar-refractivity contribution in [3.8, 4) is 34.1 Å². The van der Waals surface area contributed by atoms with Gasteiger partial charge in [0.15, 0.2) is 5.01 Å². The lowest BCUT2D eigenvalue weighted by Crippen LogP contribution is -2.64. The molecule has 4 aromatic heterocycles. The van der Waals surface area contributed by atoms with Gasteiger partial charge in [0.1, 0.15) is 12.1 Å². The van der Waals surface area contributed by atoms with Crippen LogP contribution in [0.5, 0.6) is 0 Å². The minimum absolute atomic E-state index is 0.0229. The molecule has 1 amide bonds. The number of aromatic nitrogens is 5. The number of piperidine rings is 2. The summed E-state index contributed by atoms with van der Waals surface area (Å²) in [5.74, 6) is 0.874. The summed E-state index contributed by atoms with van der Waals surface area (Å²) in [6, 6.07) is 11.6. The van der Waals surface area contributed by atoms with Crippen LogP contribution in [-0.4, -0.2) is 55.9 Å². The molecule has 12 heteroatoms. The predicted octanol–water partition coefficient (Wildman–Crippen LogP) is 3.07. The van der Waals surface area contributed by atoms with Crippen LogP contribution in [0, 0.1) is 34.5 Å². The van der Waals surface area contributed by atoms with Crippen molar-refractivity contribution in [3.63, 3.8) is 0 Å². The summed E-state index contributed by atoms with van der Waals surface area (Å²) in [6.07, 6.45) is 4.39. The molecule has 1 saturated carbocycles. The number of fused-ring (bicyclic) bond motifs is 3. The van der Waals surface area contributed by atoms with Gasteiger partial charge in [0.2, 0.25) is 11.0 Å². The Morgan fingerprint density at radius 2 is 2.00 bits per heavy atom. The third-order valence-corrected chi connectivity index (χ3v) is 8.20. The van der Waals surface area contributed by atoms with Gasteiger partial charge in [-0.2, -0.15) is 15.6 Å². The van der Waals surface area contributed by atoms with E-state index in [1.54, 1.807) is 30.6 Å². The van der Waals surface area contributed by atoms with Gasteiger partial charge in [-0.3, -0.25) is 9.78 Å². The Hall–Kier alpha value is -4.55. The lowest BCUT2D eigenvalue weighted by molar-refractivity contribution is -0.122. The van der Waals surface area contributed by atoms with Crippen molar-refractivity contribution in [1.29, 1.82) is 10.5 Å². The first-order chi connectivity index (χ1) is 18.4. The lowest BCUT2D eigenvalue weighted by atomic mass is 9.66. The molecule has 11 nitrogen and oxygen atoms in total. The molecule has 190 valence electrons. The fourth-order valence-corrected chi connectivity index (χ4v) is 6.26. The van der Waals surface area contributed by atoms with Crippen molar-refractivity contribution in [2.45, 2.75) is 32.4 Å². The van der Waals surface area contributed by atoms with Crippen LogP contribution in [0.4, 0.5) is 10.8 Å². The Morgan fingerprint density at radius 1 is 1.18 bits per heavy atom. The molecule has 0 spiro atoms. The smallest absolute Gasteiger partial charge is 0.217 e. The third-order valence-electron chi connectivity index (χ3n) is 7.18. The number of anilines is 2. The molecule has 0 radical (unpaired) electrons. The molecular formula is C26H24N10OS. The summed E-state index contributed by atoms with van der Waals surface area (Å²) >= 11 is 1.49. The van der Waals surface area contributed by atoms with E-state index in [0.717, 1.165) is 47.1 Å². The highest BCUT2D eigenvalue weighted by Gasteiger charge is 2.47. The molecule has 1 aliphatic carbocycles. The average molecular weight is 525 g/mol. The molecule has 2 aliphatic heterocycles. The van der Waals surface area contributed by atoms with Crippen molar-refractivity contribution in [2.75, 3.05) is 23.3 Å². The minimum Gasteiger partial charge on any atom is -0.369 e. The Labute approximate surface area is 222 Å². The van der Waals surface area contributed by atoms with Crippen molar-refractivity contribution >= 4 is 33.6 Å². The summed E-state index contributed by atoms with van der Waals surface area (Å²) in [5.41, 5.74) is 4.20. The van der Waals surface area contributed by atoms with Crippen molar-refractivity contribution in [2.24, 2.45) is 11.8 Å². The number of carbonyl (C=O) groups is 1. The number of pyridine rings is 1. The topological polar surface area (TPSA) is 148 Å². The molecule has 4 atom stereocenters. The predicted molar refractivity (Wildman–Crippen MR) is 142 cm³/mol. The number of carbonyl (C=O) groups excluding carboxylic acids is 1. The van der Waals surface area contributed by atoms with Gasteiger partial charge in [0, 0.05) is 37.9 Å². The van der Waals surface area contributed by atoms with Crippen LogP contribution >= 0.6 is 11.3 Å². The van der Waals surface area contributed by atoms with E-state index in [2.05, 4.69) is 43.0 Å². The lowest BCUT2D eigenvalue weighted by Gasteiger charge is -2.53. The summed E-state index contributed by atoms with van der Waals surface area (Å²) < 4.78 is 1.74. The van der Waals surface area contributed by atoms with Crippen molar-refractivity contribution in [1.82, 2.24) is 30.1 Å². The Kier molecular flexibility index (Phi) is 5.89. The fraction of sp³-hybridized carbons (Fsp3) is 0.346. The first-order valence-electron chi connectivity index (χ1n) is 12.3. The minimum atomic E-state index is -0.434. The number of nitrogens with zero attached hydrogens (tertiary/aromatic N) is 8. The van der Waals surface area contributed by atoms with Crippen LogP contribution in [-0.2, 0) is 4.79 Å². The van der Waals surface area contributed by atoms with Gasteiger partial charge in [-0.1, -0.05) is 11.3 Å². The fourth-order valence-electron chi connectivity index (χ4n) is 5.37.